The lowest BCUT2D eigenvalue weighted by atomic mass is 9.91. The van der Waals surface area contributed by atoms with Gasteiger partial charge in [-0.25, -0.2) is 9.40 Å². The highest BCUT2D eigenvalue weighted by atomic mass is 35.5. The van der Waals surface area contributed by atoms with Gasteiger partial charge < -0.3 is 0 Å². The van der Waals surface area contributed by atoms with E-state index in [9.17, 15) is 9.18 Å². The maximum atomic E-state index is 13.6. The largest absolute Gasteiger partial charge is 0.284 e. The number of hydrogen-bond acceptors (Lipinski definition) is 4. The topological polar surface area (TPSA) is 47.9 Å². The number of rotatable bonds is 4. The van der Waals surface area contributed by atoms with Crippen molar-refractivity contribution < 1.29 is 9.18 Å². The zero-order chi connectivity index (χ0) is 22.4. The summed E-state index contributed by atoms with van der Waals surface area (Å²) in [5, 5.41) is 9.47. The average molecular weight is 512 g/mol. The van der Waals surface area contributed by atoms with Gasteiger partial charge in [-0.3, -0.25) is 15.2 Å². The van der Waals surface area contributed by atoms with E-state index in [1.165, 1.54) is 31.4 Å². The lowest BCUT2D eigenvalue weighted by molar-refractivity contribution is -0.119. The molecule has 2 fully saturated rings. The lowest BCUT2D eigenvalue weighted by Gasteiger charge is -2.27. The molecule has 9 heteroatoms. The van der Waals surface area contributed by atoms with Gasteiger partial charge in [-0.05, 0) is 60.6 Å². The van der Waals surface area contributed by atoms with Gasteiger partial charge in [-0.15, -0.1) is 12.4 Å². The molecular weight excluding hydrogens is 486 g/mol. The van der Waals surface area contributed by atoms with Crippen molar-refractivity contribution in [3.63, 3.8) is 0 Å². The van der Waals surface area contributed by atoms with Gasteiger partial charge in [0.25, 0.3) is 5.91 Å². The molecule has 0 bridgehead atoms. The van der Waals surface area contributed by atoms with Gasteiger partial charge in [-0.1, -0.05) is 48.7 Å². The Morgan fingerprint density at radius 1 is 1.09 bits per heavy atom. The lowest BCUT2D eigenvalue weighted by Crippen LogP contribution is -2.45. The smallest absolute Gasteiger partial charge is 0.282 e. The number of benzene rings is 2. The van der Waals surface area contributed by atoms with Crippen LogP contribution in [0.3, 0.4) is 0 Å². The average Bonchev–Trinajstić information content (AvgIpc) is 3.42. The van der Waals surface area contributed by atoms with E-state index in [1.54, 1.807) is 35.3 Å². The quantitative estimate of drug-likeness (QED) is 0.558. The van der Waals surface area contributed by atoms with E-state index < -0.39 is 0 Å². The fraction of sp³-hybridized carbons (Fsp3) is 0.417. The van der Waals surface area contributed by atoms with E-state index in [2.05, 4.69) is 5.43 Å². The van der Waals surface area contributed by atoms with Crippen LogP contribution in [-0.4, -0.2) is 29.7 Å². The summed E-state index contributed by atoms with van der Waals surface area (Å²) < 4.78 is 13.6. The first-order valence-electron chi connectivity index (χ1n) is 11.0. The van der Waals surface area contributed by atoms with Crippen molar-refractivity contribution >= 4 is 52.9 Å². The summed E-state index contributed by atoms with van der Waals surface area (Å²) in [6.07, 6.45) is 3.77. The van der Waals surface area contributed by atoms with Crippen LogP contribution in [0.1, 0.15) is 37.8 Å². The Morgan fingerprint density at radius 2 is 1.76 bits per heavy atom. The third kappa shape index (κ3) is 4.72. The normalized spacial score (nSPS) is 26.7. The van der Waals surface area contributed by atoms with Gasteiger partial charge in [-0.2, -0.15) is 5.10 Å². The Bertz CT molecular complexity index is 1050. The summed E-state index contributed by atoms with van der Waals surface area (Å²) in [6.45, 7) is 3.76. The number of hydrazine groups is 1. The molecule has 2 aliphatic heterocycles. The molecule has 0 spiro atoms. The molecule has 1 aliphatic carbocycles. The molecule has 2 aromatic carbocycles. The number of hydrazone groups is 1. The highest BCUT2D eigenvalue weighted by Crippen LogP contribution is 2.42. The van der Waals surface area contributed by atoms with Crippen LogP contribution in [-0.2, 0) is 4.79 Å². The molecule has 4 unspecified atom stereocenters. The number of hydrogen-bond donors (Lipinski definition) is 1. The Labute approximate surface area is 209 Å². The van der Waals surface area contributed by atoms with Crippen LogP contribution in [0.25, 0.3) is 0 Å². The minimum absolute atomic E-state index is 0. The van der Waals surface area contributed by atoms with E-state index in [-0.39, 0.29) is 36.1 Å². The van der Waals surface area contributed by atoms with E-state index in [0.717, 1.165) is 18.7 Å². The second kappa shape index (κ2) is 9.79. The predicted molar refractivity (Wildman–Crippen MR) is 132 cm³/mol. The maximum absolute atomic E-state index is 13.6. The third-order valence-electron chi connectivity index (χ3n) is 6.97. The second-order valence-electron chi connectivity index (χ2n) is 9.01. The fourth-order valence-electron chi connectivity index (χ4n) is 5.37. The molecule has 1 saturated carbocycles. The summed E-state index contributed by atoms with van der Waals surface area (Å²) in [7, 11) is 0. The molecule has 0 radical (unpaired) electrons. The molecule has 2 heterocycles. The van der Waals surface area contributed by atoms with Crippen molar-refractivity contribution in [1.82, 2.24) is 10.4 Å². The van der Waals surface area contributed by atoms with Crippen molar-refractivity contribution in [2.75, 3.05) is 18.1 Å². The molecule has 5 nitrogen and oxygen atoms in total. The number of anilines is 1. The number of amides is 1. The number of carbonyl (C=O) groups is 1. The minimum Gasteiger partial charge on any atom is -0.284 e. The number of nitrogens with one attached hydrogen (secondary N) is 1. The van der Waals surface area contributed by atoms with Crippen LogP contribution in [0.2, 0.25) is 10.0 Å². The first-order valence-corrected chi connectivity index (χ1v) is 11.8. The minimum atomic E-state index is -0.311. The molecule has 1 amide bonds. The van der Waals surface area contributed by atoms with Gasteiger partial charge in [0.2, 0.25) is 0 Å². The molecule has 176 valence electrons. The van der Waals surface area contributed by atoms with Gasteiger partial charge in [0.1, 0.15) is 11.5 Å². The highest BCUT2D eigenvalue weighted by molar-refractivity contribution is 6.41. The Balaban J connectivity index is 0.00000259. The van der Waals surface area contributed by atoms with Gasteiger partial charge in [0.05, 0.1) is 16.8 Å². The number of carbonyl (C=O) groups excluding carboxylic acids is 1. The van der Waals surface area contributed by atoms with E-state index >= 15 is 0 Å². The Morgan fingerprint density at radius 3 is 2.39 bits per heavy atom. The van der Waals surface area contributed by atoms with Gasteiger partial charge in [0, 0.05) is 24.0 Å². The van der Waals surface area contributed by atoms with Crippen LogP contribution in [0.15, 0.2) is 47.6 Å². The molecule has 5 rings (SSSR count). The summed E-state index contributed by atoms with van der Waals surface area (Å²) in [4.78, 5) is 13.3. The Hall–Kier alpha value is -1.86. The van der Waals surface area contributed by atoms with Crippen LogP contribution in [0, 0.1) is 23.6 Å². The van der Waals surface area contributed by atoms with Crippen LogP contribution in [0.5, 0.6) is 0 Å². The molecule has 1 N–H and O–H groups in total. The molecule has 2 aromatic rings. The first kappa shape index (κ1) is 24.3. The second-order valence-corrected chi connectivity index (χ2v) is 9.85. The number of nitrogens with zero attached hydrogens (tertiary/aromatic N) is 3. The molecule has 0 aromatic heterocycles. The standard InChI is InChI=1S/C24H25Cl2FN4O.ClH/c1-14-22(24(32)29-30-12-16-3-2-4-17(16)13-30)28-31(21-10-7-18(25)11-20(21)26)23(14)15-5-8-19(27)9-6-15;/h5-11,14,16-17,23H,2-4,12-13H2,1H3,(H,29,32);1H. The number of fused-ring (bicyclic) bond motifs is 1. The monoisotopic (exact) mass is 510 g/mol. The SMILES string of the molecule is CC1C(C(=O)NN2CC3CCCC3C2)=NN(c2ccc(Cl)cc2Cl)C1c1ccc(F)cc1.Cl. The zero-order valence-electron chi connectivity index (χ0n) is 18.2. The Kier molecular flexibility index (Phi) is 7.20. The third-order valence-corrected chi connectivity index (χ3v) is 7.51. The van der Waals surface area contributed by atoms with Crippen molar-refractivity contribution in [1.29, 1.82) is 0 Å². The van der Waals surface area contributed by atoms with E-state index in [4.69, 9.17) is 28.3 Å². The number of halogens is 4. The van der Waals surface area contributed by atoms with Crippen molar-refractivity contribution in [2.45, 2.75) is 32.2 Å². The zero-order valence-corrected chi connectivity index (χ0v) is 20.5. The molecule has 1 saturated heterocycles. The van der Waals surface area contributed by atoms with E-state index in [0.29, 0.717) is 33.3 Å². The van der Waals surface area contributed by atoms with Crippen LogP contribution in [0.4, 0.5) is 10.1 Å². The van der Waals surface area contributed by atoms with Gasteiger partial charge in [0.15, 0.2) is 0 Å². The predicted octanol–water partition coefficient (Wildman–Crippen LogP) is 5.87. The molecule has 33 heavy (non-hydrogen) atoms. The van der Waals surface area contributed by atoms with Crippen molar-refractivity contribution in [2.24, 2.45) is 22.9 Å². The van der Waals surface area contributed by atoms with Crippen molar-refractivity contribution in [3.8, 4) is 0 Å². The van der Waals surface area contributed by atoms with Crippen molar-refractivity contribution in [3.05, 3.63) is 63.9 Å². The fourth-order valence-corrected chi connectivity index (χ4v) is 5.87. The highest BCUT2D eigenvalue weighted by Gasteiger charge is 2.42. The molecule has 3 aliphatic rings. The van der Waals surface area contributed by atoms with Gasteiger partial charge >= 0.3 is 0 Å². The van der Waals surface area contributed by atoms with Crippen LogP contribution < -0.4 is 10.4 Å². The van der Waals surface area contributed by atoms with Crippen LogP contribution >= 0.6 is 35.6 Å². The summed E-state index contributed by atoms with van der Waals surface area (Å²) >= 11 is 12.6. The summed E-state index contributed by atoms with van der Waals surface area (Å²) in [5.74, 6) is 0.615. The maximum Gasteiger partial charge on any atom is 0.282 e. The summed E-state index contributed by atoms with van der Waals surface area (Å²) in [5.41, 5.74) is 5.02. The summed E-state index contributed by atoms with van der Waals surface area (Å²) in [6, 6.07) is 11.2. The first-order chi connectivity index (χ1) is 15.4. The van der Waals surface area contributed by atoms with E-state index in [1.807, 2.05) is 11.9 Å². The molecule has 4 atom stereocenters. The molecular formula is C24H26Cl3FN4O.